The number of benzene rings is 1. The topological polar surface area (TPSA) is 66.9 Å². The van der Waals surface area contributed by atoms with E-state index in [9.17, 15) is 4.79 Å². The highest BCUT2D eigenvalue weighted by Crippen LogP contribution is 2.15. The Balaban J connectivity index is 1.58. The van der Waals surface area contributed by atoms with Crippen LogP contribution in [0.3, 0.4) is 0 Å². The third-order valence-corrected chi connectivity index (χ3v) is 3.57. The van der Waals surface area contributed by atoms with Crippen molar-refractivity contribution in [3.63, 3.8) is 0 Å². The molecular formula is C18H15ClN4O. The third kappa shape index (κ3) is 4.30. The molecule has 2 heterocycles. The van der Waals surface area contributed by atoms with Gasteiger partial charge < -0.3 is 10.6 Å². The number of rotatable bonds is 5. The number of carbonyl (C=O) groups is 1. The smallest absolute Gasteiger partial charge is 0.257 e. The minimum Gasteiger partial charge on any atom is -0.381 e. The van der Waals surface area contributed by atoms with Crippen LogP contribution in [0.25, 0.3) is 0 Å². The van der Waals surface area contributed by atoms with E-state index in [-0.39, 0.29) is 5.91 Å². The van der Waals surface area contributed by atoms with Crippen LogP contribution in [0.4, 0.5) is 11.4 Å². The Labute approximate surface area is 144 Å². The van der Waals surface area contributed by atoms with Gasteiger partial charge in [-0.05, 0) is 42.0 Å². The summed E-state index contributed by atoms with van der Waals surface area (Å²) < 4.78 is 0. The van der Waals surface area contributed by atoms with E-state index in [1.54, 1.807) is 30.6 Å². The molecule has 0 aliphatic carbocycles. The van der Waals surface area contributed by atoms with Crippen molar-refractivity contribution < 1.29 is 4.79 Å². The predicted molar refractivity (Wildman–Crippen MR) is 95.2 cm³/mol. The molecular weight excluding hydrogens is 324 g/mol. The maximum absolute atomic E-state index is 12.1. The number of anilines is 2. The van der Waals surface area contributed by atoms with Crippen LogP contribution in [0.2, 0.25) is 5.15 Å². The second kappa shape index (κ2) is 7.57. The summed E-state index contributed by atoms with van der Waals surface area (Å²) in [5.41, 5.74) is 3.25. The lowest BCUT2D eigenvalue weighted by Gasteiger charge is -2.08. The molecule has 0 radical (unpaired) electrons. The molecule has 0 aliphatic heterocycles. The molecule has 24 heavy (non-hydrogen) atoms. The van der Waals surface area contributed by atoms with Gasteiger partial charge in [-0.3, -0.25) is 9.78 Å². The maximum Gasteiger partial charge on any atom is 0.257 e. The van der Waals surface area contributed by atoms with Crippen LogP contribution in [0.5, 0.6) is 0 Å². The van der Waals surface area contributed by atoms with Gasteiger partial charge in [0.15, 0.2) is 0 Å². The second-order valence-corrected chi connectivity index (χ2v) is 5.50. The Morgan fingerprint density at radius 1 is 1.04 bits per heavy atom. The zero-order valence-corrected chi connectivity index (χ0v) is 13.5. The quantitative estimate of drug-likeness (QED) is 0.690. The number of hydrogen-bond acceptors (Lipinski definition) is 4. The van der Waals surface area contributed by atoms with Gasteiger partial charge in [0.1, 0.15) is 5.15 Å². The average molecular weight is 339 g/mol. The van der Waals surface area contributed by atoms with Crippen LogP contribution in [-0.2, 0) is 6.54 Å². The van der Waals surface area contributed by atoms with Gasteiger partial charge in [0.25, 0.3) is 5.91 Å². The molecule has 0 aliphatic rings. The van der Waals surface area contributed by atoms with E-state index in [2.05, 4.69) is 20.6 Å². The zero-order chi connectivity index (χ0) is 16.8. The second-order valence-electron chi connectivity index (χ2n) is 5.11. The molecule has 3 aromatic rings. The number of carbonyl (C=O) groups excluding carboxylic acids is 1. The van der Waals surface area contributed by atoms with E-state index in [0.29, 0.717) is 17.3 Å². The van der Waals surface area contributed by atoms with Crippen LogP contribution in [0.15, 0.2) is 67.1 Å². The van der Waals surface area contributed by atoms with Crippen molar-refractivity contribution in [2.75, 3.05) is 10.6 Å². The van der Waals surface area contributed by atoms with Crippen molar-refractivity contribution in [3.05, 3.63) is 83.4 Å². The number of nitrogens with one attached hydrogen (secondary N) is 2. The number of nitrogens with zero attached hydrogens (tertiary/aromatic N) is 2. The molecule has 2 aromatic heterocycles. The third-order valence-electron chi connectivity index (χ3n) is 3.36. The van der Waals surface area contributed by atoms with Crippen LogP contribution >= 0.6 is 11.6 Å². The van der Waals surface area contributed by atoms with Crippen molar-refractivity contribution in [1.29, 1.82) is 0 Å². The molecule has 1 aromatic carbocycles. The minimum atomic E-state index is -0.180. The summed E-state index contributed by atoms with van der Waals surface area (Å²) in [4.78, 5) is 19.9. The first kappa shape index (κ1) is 16.0. The number of aromatic nitrogens is 2. The summed E-state index contributed by atoms with van der Waals surface area (Å²) in [6.07, 6.45) is 4.82. The van der Waals surface area contributed by atoms with Gasteiger partial charge in [-0.25, -0.2) is 4.98 Å². The molecule has 0 bridgehead atoms. The standard InChI is InChI=1S/C18H15ClN4O/c19-17-10-16(7-9-21-17)22-11-13-3-5-15(6-4-13)23-18(24)14-2-1-8-20-12-14/h1-10,12H,11H2,(H,21,22)(H,23,24). The van der Waals surface area contributed by atoms with Gasteiger partial charge >= 0.3 is 0 Å². The zero-order valence-electron chi connectivity index (χ0n) is 12.7. The Bertz CT molecular complexity index is 822. The van der Waals surface area contributed by atoms with Crippen molar-refractivity contribution in [2.24, 2.45) is 0 Å². The van der Waals surface area contributed by atoms with E-state index in [0.717, 1.165) is 16.9 Å². The Kier molecular flexibility index (Phi) is 5.03. The molecule has 2 N–H and O–H groups in total. The molecule has 5 nitrogen and oxygen atoms in total. The van der Waals surface area contributed by atoms with E-state index in [4.69, 9.17) is 11.6 Å². The summed E-state index contributed by atoms with van der Waals surface area (Å²) in [7, 11) is 0. The summed E-state index contributed by atoms with van der Waals surface area (Å²) in [5.74, 6) is -0.180. The van der Waals surface area contributed by atoms with Gasteiger partial charge in [0.2, 0.25) is 0 Å². The SMILES string of the molecule is O=C(Nc1ccc(CNc2ccnc(Cl)c2)cc1)c1cccnc1. The molecule has 0 spiro atoms. The fraction of sp³-hybridized carbons (Fsp3) is 0.0556. The van der Waals surface area contributed by atoms with E-state index >= 15 is 0 Å². The van der Waals surface area contributed by atoms with E-state index in [1.807, 2.05) is 30.3 Å². The first-order chi connectivity index (χ1) is 11.7. The maximum atomic E-state index is 12.1. The van der Waals surface area contributed by atoms with Crippen molar-refractivity contribution in [2.45, 2.75) is 6.54 Å². The summed E-state index contributed by atoms with van der Waals surface area (Å²) >= 11 is 5.85. The summed E-state index contributed by atoms with van der Waals surface area (Å²) in [5, 5.41) is 6.56. The molecule has 120 valence electrons. The van der Waals surface area contributed by atoms with Crippen LogP contribution in [0, 0.1) is 0 Å². The van der Waals surface area contributed by atoms with Crippen molar-refractivity contribution in [1.82, 2.24) is 9.97 Å². The average Bonchev–Trinajstić information content (AvgIpc) is 2.62. The normalized spacial score (nSPS) is 10.2. The molecule has 0 fully saturated rings. The number of pyridine rings is 2. The lowest BCUT2D eigenvalue weighted by Crippen LogP contribution is -2.12. The largest absolute Gasteiger partial charge is 0.381 e. The Morgan fingerprint density at radius 2 is 1.88 bits per heavy atom. The predicted octanol–water partition coefficient (Wildman–Crippen LogP) is 3.99. The summed E-state index contributed by atoms with van der Waals surface area (Å²) in [6.45, 7) is 0.650. The minimum absolute atomic E-state index is 0.180. The fourth-order valence-corrected chi connectivity index (χ4v) is 2.30. The van der Waals surface area contributed by atoms with Gasteiger partial charge in [-0.15, -0.1) is 0 Å². The van der Waals surface area contributed by atoms with Gasteiger partial charge in [-0.2, -0.15) is 0 Å². The Morgan fingerprint density at radius 3 is 2.58 bits per heavy atom. The van der Waals surface area contributed by atoms with Crippen LogP contribution in [-0.4, -0.2) is 15.9 Å². The molecule has 0 saturated carbocycles. The van der Waals surface area contributed by atoms with Crippen molar-refractivity contribution in [3.8, 4) is 0 Å². The number of amides is 1. The van der Waals surface area contributed by atoms with Gasteiger partial charge in [0, 0.05) is 36.5 Å². The lowest BCUT2D eigenvalue weighted by molar-refractivity contribution is 0.102. The monoisotopic (exact) mass is 338 g/mol. The molecule has 1 amide bonds. The molecule has 0 saturated heterocycles. The van der Waals surface area contributed by atoms with Crippen molar-refractivity contribution >= 4 is 28.9 Å². The van der Waals surface area contributed by atoms with E-state index < -0.39 is 0 Å². The highest BCUT2D eigenvalue weighted by Gasteiger charge is 2.05. The molecule has 6 heteroatoms. The summed E-state index contributed by atoms with van der Waals surface area (Å²) in [6, 6.07) is 14.7. The highest BCUT2D eigenvalue weighted by molar-refractivity contribution is 6.29. The molecule has 0 unspecified atom stereocenters. The number of halogens is 1. The number of hydrogen-bond donors (Lipinski definition) is 2. The molecule has 0 atom stereocenters. The van der Waals surface area contributed by atoms with E-state index in [1.165, 1.54) is 6.20 Å². The van der Waals surface area contributed by atoms with Crippen LogP contribution in [0.1, 0.15) is 15.9 Å². The fourth-order valence-electron chi connectivity index (χ4n) is 2.12. The Hall–Kier alpha value is -2.92. The van der Waals surface area contributed by atoms with Gasteiger partial charge in [0.05, 0.1) is 5.56 Å². The lowest BCUT2D eigenvalue weighted by atomic mass is 10.2. The van der Waals surface area contributed by atoms with Crippen LogP contribution < -0.4 is 10.6 Å². The first-order valence-corrected chi connectivity index (χ1v) is 7.74. The first-order valence-electron chi connectivity index (χ1n) is 7.36. The molecule has 3 rings (SSSR count). The van der Waals surface area contributed by atoms with Gasteiger partial charge in [-0.1, -0.05) is 23.7 Å². The highest BCUT2D eigenvalue weighted by atomic mass is 35.5.